The predicted molar refractivity (Wildman–Crippen MR) is 240 cm³/mol. The molecule has 13 nitrogen and oxygen atoms in total. The summed E-state index contributed by atoms with van der Waals surface area (Å²) in [6, 6.07) is 35.8. The number of aromatic nitrogens is 4. The van der Waals surface area contributed by atoms with Gasteiger partial charge in [-0.2, -0.15) is 5.48 Å². The summed E-state index contributed by atoms with van der Waals surface area (Å²) in [5.74, 6) is 8.90. The topological polar surface area (TPSA) is 158 Å². The first-order valence-corrected chi connectivity index (χ1v) is 21.8. The highest BCUT2D eigenvalue weighted by atomic mass is 16.6. The molecule has 7 aromatic rings. The van der Waals surface area contributed by atoms with Gasteiger partial charge in [-0.25, -0.2) is 14.8 Å². The monoisotopic (exact) mass is 850 g/mol. The first-order valence-electron chi connectivity index (χ1n) is 21.8. The fourth-order valence-corrected chi connectivity index (χ4v) is 10.1. The van der Waals surface area contributed by atoms with Crippen LogP contribution >= 0.6 is 0 Å². The maximum absolute atomic E-state index is 14.1. The summed E-state index contributed by atoms with van der Waals surface area (Å²) in [7, 11) is 2.83. The van der Waals surface area contributed by atoms with E-state index in [4.69, 9.17) is 19.5 Å². The number of ether oxygens (including phenoxy) is 1. The Labute approximate surface area is 369 Å². The van der Waals surface area contributed by atoms with E-state index in [9.17, 15) is 14.4 Å². The minimum Gasteiger partial charge on any atom is -0.453 e. The van der Waals surface area contributed by atoms with Crippen molar-refractivity contribution >= 4 is 39.7 Å². The molecule has 13 heteroatoms. The molecule has 4 unspecified atom stereocenters. The number of imidazole rings is 2. The molecule has 4 heterocycles. The molecule has 64 heavy (non-hydrogen) atoms. The van der Waals surface area contributed by atoms with Crippen molar-refractivity contribution in [2.24, 2.45) is 11.8 Å². The summed E-state index contributed by atoms with van der Waals surface area (Å²) in [4.78, 5) is 66.8. The molecule has 8 atom stereocenters. The van der Waals surface area contributed by atoms with Crippen LogP contribution in [0.25, 0.3) is 33.1 Å². The van der Waals surface area contributed by atoms with Crippen LogP contribution in [0.4, 0.5) is 4.79 Å². The van der Waals surface area contributed by atoms with Crippen molar-refractivity contribution < 1.29 is 24.0 Å². The molecule has 11 rings (SSSR count). The van der Waals surface area contributed by atoms with Gasteiger partial charge in [0.05, 0.1) is 49.2 Å². The lowest BCUT2D eigenvalue weighted by Gasteiger charge is -2.30. The minimum atomic E-state index is -0.870. The van der Waals surface area contributed by atoms with E-state index in [2.05, 4.69) is 56.9 Å². The van der Waals surface area contributed by atoms with Gasteiger partial charge in [0.15, 0.2) is 0 Å². The Bertz CT molecular complexity index is 2980. The number of rotatable bonds is 10. The van der Waals surface area contributed by atoms with E-state index >= 15 is 0 Å². The van der Waals surface area contributed by atoms with Gasteiger partial charge in [-0.15, -0.1) is 0 Å². The Morgan fingerprint density at radius 3 is 2.00 bits per heavy atom. The summed E-state index contributed by atoms with van der Waals surface area (Å²) >= 11 is 0. The maximum Gasteiger partial charge on any atom is 0.407 e. The number of nitrogens with zero attached hydrogens (tertiary/aromatic N) is 4. The van der Waals surface area contributed by atoms with Crippen LogP contribution in [-0.2, 0) is 19.2 Å². The molecular formula is C51H46N8O5. The van der Waals surface area contributed by atoms with Crippen LogP contribution in [0.15, 0.2) is 121 Å². The smallest absolute Gasteiger partial charge is 0.407 e. The number of amides is 3. The van der Waals surface area contributed by atoms with E-state index in [0.717, 1.165) is 87.1 Å². The lowest BCUT2D eigenvalue weighted by molar-refractivity contribution is -0.139. The van der Waals surface area contributed by atoms with Crippen LogP contribution in [0, 0.1) is 23.7 Å². The Hall–Kier alpha value is -7.27. The second kappa shape index (κ2) is 16.1. The van der Waals surface area contributed by atoms with Crippen LogP contribution in [0.5, 0.6) is 0 Å². The number of hydrogen-bond donors (Lipinski definition) is 4. The van der Waals surface area contributed by atoms with Crippen molar-refractivity contribution in [3.8, 4) is 23.1 Å². The summed E-state index contributed by atoms with van der Waals surface area (Å²) in [6.07, 6.45) is 4.80. The number of carbonyl (C=O) groups excluding carboxylic acids is 3. The number of aromatic amines is 2. The molecule has 4 aliphatic rings. The number of H-pyrrole nitrogens is 2. The number of alkyl carbamates (subject to hydrolysis) is 1. The molecule has 2 aliphatic carbocycles. The van der Waals surface area contributed by atoms with E-state index < -0.39 is 18.2 Å². The van der Waals surface area contributed by atoms with Gasteiger partial charge in [-0.05, 0) is 89.9 Å². The highest BCUT2D eigenvalue weighted by Crippen LogP contribution is 2.55. The molecule has 0 bridgehead atoms. The van der Waals surface area contributed by atoms with Crippen molar-refractivity contribution in [3.63, 3.8) is 0 Å². The summed E-state index contributed by atoms with van der Waals surface area (Å²) < 4.78 is 4.87. The van der Waals surface area contributed by atoms with Crippen LogP contribution in [0.1, 0.15) is 83.8 Å². The number of piperidine rings is 2. The van der Waals surface area contributed by atoms with Crippen molar-refractivity contribution in [2.45, 2.75) is 61.9 Å². The Morgan fingerprint density at radius 1 is 0.703 bits per heavy atom. The van der Waals surface area contributed by atoms with Gasteiger partial charge in [0.25, 0.3) is 5.91 Å². The first-order chi connectivity index (χ1) is 31.3. The standard InChI is InChI=1S/C51H46N8O5/c1-63-51(62)56-44(32-9-5-3-6-10-32)49(60)58-40-24-35(40)26-42(58)47-52-28-39(54-47)31-18-15-29(16-19-31)13-14-30-17-21-37-34(23-30)20-22-38-46(37)55-48(53-38)43-27-36-25-41(36)59(43)50(61)45(57-64-2)33-11-7-4-8-12-33/h3-12,15-23,28,35-36,40-45,57H,24-27H2,1-2H3,(H,52,54)(H,53,55)(H,56,62)/t35?,36?,40?,41?,42-,43-,44+,45+/m0/s1. The van der Waals surface area contributed by atoms with Gasteiger partial charge in [0.2, 0.25) is 5.91 Å². The number of hydrogen-bond acceptors (Lipinski definition) is 8. The lowest BCUT2D eigenvalue weighted by Crippen LogP contribution is -2.44. The molecule has 5 aromatic carbocycles. The van der Waals surface area contributed by atoms with Crippen molar-refractivity contribution in [2.75, 3.05) is 14.2 Å². The zero-order valence-electron chi connectivity index (χ0n) is 35.3. The average molecular weight is 851 g/mol. The molecule has 3 amide bonds. The lowest BCUT2D eigenvalue weighted by atomic mass is 10.0. The Balaban J connectivity index is 0.787. The highest BCUT2D eigenvalue weighted by molar-refractivity contribution is 6.04. The number of nitrogens with one attached hydrogen (secondary N) is 4. The SMILES string of the molecule is CON[C@@H](C(=O)N1C2CC2C[C@H]1c1nc2c(ccc3cc(C#Cc4ccc(-c5cnc([C@@H]6CC7CC7N6C(=O)[C@H](NC(=O)OC)c6ccccc6)[nH]5)cc4)ccc32)[nH]1)c1ccccc1. The summed E-state index contributed by atoms with van der Waals surface area (Å²) in [6.45, 7) is 0. The third-order valence-electron chi connectivity index (χ3n) is 13.4. The molecule has 2 saturated heterocycles. The molecule has 4 N–H and O–H groups in total. The summed E-state index contributed by atoms with van der Waals surface area (Å²) in [5, 5.41) is 4.81. The van der Waals surface area contributed by atoms with E-state index in [1.54, 1.807) is 7.11 Å². The Kier molecular flexibility index (Phi) is 9.97. The van der Waals surface area contributed by atoms with Gasteiger partial charge in [0, 0.05) is 28.6 Å². The van der Waals surface area contributed by atoms with Crippen LogP contribution < -0.4 is 10.8 Å². The number of hydroxylamine groups is 1. The largest absolute Gasteiger partial charge is 0.453 e. The van der Waals surface area contributed by atoms with Gasteiger partial charge in [0.1, 0.15) is 23.7 Å². The first kappa shape index (κ1) is 39.6. The molecule has 320 valence electrons. The van der Waals surface area contributed by atoms with Gasteiger partial charge < -0.3 is 34.7 Å². The highest BCUT2D eigenvalue weighted by Gasteiger charge is 2.57. The van der Waals surface area contributed by atoms with E-state index in [-0.39, 0.29) is 36.0 Å². The quantitative estimate of drug-likeness (QED) is 0.0802. The molecule has 2 aliphatic heterocycles. The van der Waals surface area contributed by atoms with E-state index in [0.29, 0.717) is 17.4 Å². The van der Waals surface area contributed by atoms with Gasteiger partial charge in [-0.1, -0.05) is 96.8 Å². The minimum absolute atomic E-state index is 0.00980. The second-order valence-electron chi connectivity index (χ2n) is 17.3. The number of likely N-dealkylation sites (tertiary alicyclic amines) is 2. The van der Waals surface area contributed by atoms with Crippen molar-refractivity contribution in [3.05, 3.63) is 155 Å². The van der Waals surface area contributed by atoms with Crippen molar-refractivity contribution in [1.82, 2.24) is 40.5 Å². The van der Waals surface area contributed by atoms with Crippen LogP contribution in [-0.4, -0.2) is 73.9 Å². The second-order valence-corrected chi connectivity index (χ2v) is 17.3. The van der Waals surface area contributed by atoms with E-state index in [1.165, 1.54) is 7.11 Å². The molecule has 2 saturated carbocycles. The maximum atomic E-state index is 14.1. The third kappa shape index (κ3) is 7.24. The number of carbonyl (C=O) groups is 3. The van der Waals surface area contributed by atoms with Crippen molar-refractivity contribution in [1.29, 1.82) is 0 Å². The fraction of sp³-hybridized carbons (Fsp3) is 0.275. The predicted octanol–water partition coefficient (Wildman–Crippen LogP) is 7.82. The number of benzene rings is 5. The molecule has 0 radical (unpaired) electrons. The zero-order valence-corrected chi connectivity index (χ0v) is 35.3. The molecule has 0 spiro atoms. The van der Waals surface area contributed by atoms with Crippen LogP contribution in [0.3, 0.4) is 0 Å². The number of fused-ring (bicyclic) bond motifs is 5. The number of methoxy groups -OCH3 is 1. The fourth-order valence-electron chi connectivity index (χ4n) is 10.1. The van der Waals surface area contributed by atoms with E-state index in [1.807, 2.05) is 107 Å². The summed E-state index contributed by atoms with van der Waals surface area (Å²) in [5.41, 5.74) is 9.88. The normalized spacial score (nSPS) is 22.6. The third-order valence-corrected chi connectivity index (χ3v) is 13.4. The average Bonchev–Trinajstić information content (AvgIpc) is 3.95. The van der Waals surface area contributed by atoms with Gasteiger partial charge in [-0.3, -0.25) is 9.59 Å². The van der Waals surface area contributed by atoms with Gasteiger partial charge >= 0.3 is 6.09 Å². The van der Waals surface area contributed by atoms with Crippen LogP contribution in [0.2, 0.25) is 0 Å². The molecular weight excluding hydrogens is 805 g/mol. The zero-order chi connectivity index (χ0) is 43.5. The molecule has 4 fully saturated rings. The Morgan fingerprint density at radius 2 is 1.33 bits per heavy atom. The molecule has 2 aromatic heterocycles.